The van der Waals surface area contributed by atoms with Gasteiger partial charge in [-0.25, -0.2) is 13.0 Å². The summed E-state index contributed by atoms with van der Waals surface area (Å²) in [4.78, 5) is 16.9. The standard InChI is InChI=1S/2C13H21FN.FH2O3P/c2*1-4-15(5-2,6-3)11-12-7-9-13(14)10-8-12;1-5(2,3)4/h2*7-10H,4-6,11H2,1-3H3;(H2,2,3,4)/q2*+1;/p-2. The molecule has 0 amide bonds. The van der Waals surface area contributed by atoms with Crippen LogP contribution in [0.15, 0.2) is 48.5 Å². The maximum absolute atomic E-state index is 12.8. The maximum atomic E-state index is 12.8. The van der Waals surface area contributed by atoms with E-state index in [9.17, 15) is 13.0 Å². The topological polar surface area (TPSA) is 63.2 Å². The van der Waals surface area contributed by atoms with E-state index in [1.807, 2.05) is 24.3 Å². The fourth-order valence-corrected chi connectivity index (χ4v) is 3.97. The van der Waals surface area contributed by atoms with Gasteiger partial charge in [0, 0.05) is 11.1 Å². The molecule has 0 radical (unpaired) electrons. The van der Waals surface area contributed by atoms with Gasteiger partial charge in [-0.1, -0.05) is 24.3 Å². The van der Waals surface area contributed by atoms with Crippen molar-refractivity contribution in [1.82, 2.24) is 0 Å². The van der Waals surface area contributed by atoms with Crippen molar-refractivity contribution in [2.75, 3.05) is 39.3 Å². The molecule has 5 nitrogen and oxygen atoms in total. The molecule has 0 bridgehead atoms. The Bertz CT molecular complexity index is 778. The minimum absolute atomic E-state index is 0.152. The molecule has 0 atom stereocenters. The molecule has 0 spiro atoms. The van der Waals surface area contributed by atoms with Gasteiger partial charge >= 0.3 is 0 Å². The summed E-state index contributed by atoms with van der Waals surface area (Å²) < 4.78 is 46.2. The van der Waals surface area contributed by atoms with Gasteiger partial charge in [0.25, 0.3) is 0 Å². The number of halogens is 3. The molecule has 2 aromatic rings. The van der Waals surface area contributed by atoms with Crippen molar-refractivity contribution in [1.29, 1.82) is 0 Å². The van der Waals surface area contributed by atoms with Crippen molar-refractivity contribution in [3.05, 3.63) is 71.3 Å². The molecule has 0 aliphatic heterocycles. The molecular formula is C26H42F3N2O3P. The minimum atomic E-state index is -5.64. The Morgan fingerprint density at radius 1 is 0.600 bits per heavy atom. The summed E-state index contributed by atoms with van der Waals surface area (Å²) in [7, 11) is -5.64. The second kappa shape index (κ2) is 16.1. The molecule has 9 heteroatoms. The van der Waals surface area contributed by atoms with Gasteiger partial charge in [0.15, 0.2) is 0 Å². The second-order valence-corrected chi connectivity index (χ2v) is 9.44. The first kappa shape index (κ1) is 33.3. The van der Waals surface area contributed by atoms with Gasteiger partial charge in [0.05, 0.1) is 39.3 Å². The number of benzene rings is 2. The molecule has 200 valence electrons. The van der Waals surface area contributed by atoms with Gasteiger partial charge in [-0.3, -0.25) is 0 Å². The van der Waals surface area contributed by atoms with Crippen LogP contribution in [0, 0.1) is 11.6 Å². The summed E-state index contributed by atoms with van der Waals surface area (Å²) in [6.07, 6.45) is 0. The first-order valence-electron chi connectivity index (χ1n) is 12.2. The van der Waals surface area contributed by atoms with Crippen molar-refractivity contribution in [2.24, 2.45) is 0 Å². The highest BCUT2D eigenvalue weighted by atomic mass is 31.2. The molecule has 0 aliphatic carbocycles. The van der Waals surface area contributed by atoms with Gasteiger partial charge in [-0.05, 0) is 65.8 Å². The summed E-state index contributed by atoms with van der Waals surface area (Å²) in [6, 6.07) is 13.8. The lowest BCUT2D eigenvalue weighted by atomic mass is 10.1. The van der Waals surface area contributed by atoms with Crippen LogP contribution in [0.4, 0.5) is 13.0 Å². The summed E-state index contributed by atoms with van der Waals surface area (Å²) in [5.74, 6) is -0.303. The molecule has 0 aromatic heterocycles. The van der Waals surface area contributed by atoms with E-state index in [1.165, 1.54) is 11.1 Å². The van der Waals surface area contributed by atoms with E-state index >= 15 is 0 Å². The van der Waals surface area contributed by atoms with Gasteiger partial charge < -0.3 is 23.3 Å². The lowest BCUT2D eigenvalue weighted by Gasteiger charge is -2.35. The Morgan fingerprint density at radius 2 is 0.800 bits per heavy atom. The predicted molar refractivity (Wildman–Crippen MR) is 133 cm³/mol. The zero-order valence-electron chi connectivity index (χ0n) is 22.0. The third-order valence-corrected chi connectivity index (χ3v) is 6.89. The molecule has 2 aromatic carbocycles. The molecule has 0 N–H and O–H groups in total. The van der Waals surface area contributed by atoms with Crippen molar-refractivity contribution in [3.63, 3.8) is 0 Å². The third-order valence-electron chi connectivity index (χ3n) is 6.89. The Labute approximate surface area is 209 Å². The normalized spacial score (nSPS) is 11.7. The third kappa shape index (κ3) is 13.8. The van der Waals surface area contributed by atoms with E-state index in [1.54, 1.807) is 24.3 Å². The van der Waals surface area contributed by atoms with E-state index in [-0.39, 0.29) is 11.6 Å². The van der Waals surface area contributed by atoms with Crippen LogP contribution in [0.25, 0.3) is 0 Å². The van der Waals surface area contributed by atoms with Crippen molar-refractivity contribution >= 4 is 7.91 Å². The molecule has 35 heavy (non-hydrogen) atoms. The predicted octanol–water partition coefficient (Wildman–Crippen LogP) is 5.19. The first-order valence-corrected chi connectivity index (χ1v) is 13.7. The number of quaternary nitrogens is 2. The van der Waals surface area contributed by atoms with Gasteiger partial charge in [0.2, 0.25) is 0 Å². The van der Waals surface area contributed by atoms with E-state index in [0.29, 0.717) is 0 Å². The highest BCUT2D eigenvalue weighted by Crippen LogP contribution is 2.22. The number of rotatable bonds is 10. The quantitative estimate of drug-likeness (QED) is 0.321. The van der Waals surface area contributed by atoms with E-state index in [4.69, 9.17) is 14.4 Å². The number of nitrogens with zero attached hydrogens (tertiary/aromatic N) is 2. The molecule has 0 aliphatic rings. The van der Waals surface area contributed by atoms with Crippen molar-refractivity contribution < 1.29 is 36.3 Å². The van der Waals surface area contributed by atoms with Crippen LogP contribution in [0.1, 0.15) is 52.7 Å². The summed E-state index contributed by atoms with van der Waals surface area (Å²) in [5, 5.41) is 0. The van der Waals surface area contributed by atoms with Crippen LogP contribution in [0.2, 0.25) is 0 Å². The van der Waals surface area contributed by atoms with Gasteiger partial charge in [-0.2, -0.15) is 0 Å². The first-order chi connectivity index (χ1) is 16.3. The molecule has 0 unspecified atom stereocenters. The smallest absolute Gasteiger partial charge is 0.123 e. The highest BCUT2D eigenvalue weighted by Gasteiger charge is 2.21. The zero-order valence-corrected chi connectivity index (χ0v) is 22.9. The Morgan fingerprint density at radius 3 is 0.971 bits per heavy atom. The van der Waals surface area contributed by atoms with Crippen LogP contribution in [-0.2, 0) is 17.7 Å². The van der Waals surface area contributed by atoms with Gasteiger partial charge in [0.1, 0.15) is 32.6 Å². The number of hydrogen-bond donors (Lipinski definition) is 0. The highest BCUT2D eigenvalue weighted by molar-refractivity contribution is 7.42. The molecule has 0 saturated carbocycles. The van der Waals surface area contributed by atoms with Crippen molar-refractivity contribution in [2.45, 2.75) is 54.6 Å². The molecule has 0 saturated heterocycles. The monoisotopic (exact) mass is 518 g/mol. The van der Waals surface area contributed by atoms with Crippen LogP contribution in [0.5, 0.6) is 0 Å². The summed E-state index contributed by atoms with van der Waals surface area (Å²) in [6.45, 7) is 22.1. The lowest BCUT2D eigenvalue weighted by Crippen LogP contribution is -2.46. The average molecular weight is 519 g/mol. The fraction of sp³-hybridized carbons (Fsp3) is 0.538. The Balaban J connectivity index is 0.000000555. The van der Waals surface area contributed by atoms with E-state index in [0.717, 1.165) is 61.3 Å². The van der Waals surface area contributed by atoms with E-state index in [2.05, 4.69) is 41.5 Å². The molecule has 0 fully saturated rings. The van der Waals surface area contributed by atoms with Gasteiger partial charge in [-0.15, -0.1) is 0 Å². The van der Waals surface area contributed by atoms with Crippen LogP contribution < -0.4 is 9.79 Å². The SMILES string of the molecule is CC[N+](CC)(CC)Cc1ccc(F)cc1.CC[N+](CC)(CC)Cc1ccc(F)cc1.O=P([O-])([O-])F. The fourth-order valence-electron chi connectivity index (χ4n) is 3.97. The minimum Gasteiger partial charge on any atom is -0.786 e. The van der Waals surface area contributed by atoms with Crippen LogP contribution in [-0.4, -0.2) is 48.2 Å². The van der Waals surface area contributed by atoms with Crippen LogP contribution in [0.3, 0.4) is 0 Å². The summed E-state index contributed by atoms with van der Waals surface area (Å²) in [5.41, 5.74) is 2.45. The molecular weight excluding hydrogens is 476 g/mol. The molecule has 0 heterocycles. The zero-order chi connectivity index (χ0) is 27.1. The Kier molecular flexibility index (Phi) is 15.3. The Hall–Kier alpha value is -1.70. The van der Waals surface area contributed by atoms with Crippen LogP contribution >= 0.6 is 7.91 Å². The van der Waals surface area contributed by atoms with E-state index < -0.39 is 7.91 Å². The number of hydrogen-bond acceptors (Lipinski definition) is 3. The second-order valence-electron chi connectivity index (χ2n) is 8.58. The maximum Gasteiger partial charge on any atom is 0.123 e. The average Bonchev–Trinajstić information content (AvgIpc) is 2.83. The largest absolute Gasteiger partial charge is 0.786 e. The lowest BCUT2D eigenvalue weighted by molar-refractivity contribution is -0.936. The molecule has 2 rings (SSSR count). The summed E-state index contributed by atoms with van der Waals surface area (Å²) >= 11 is 0. The van der Waals surface area contributed by atoms with Crippen molar-refractivity contribution in [3.8, 4) is 0 Å².